The predicted molar refractivity (Wildman–Crippen MR) is 110 cm³/mol. The second-order valence-electron chi connectivity index (χ2n) is 7.48. The molecule has 0 radical (unpaired) electrons. The molecule has 1 fully saturated rings. The second kappa shape index (κ2) is 7.37. The van der Waals surface area contributed by atoms with E-state index < -0.39 is 0 Å². The van der Waals surface area contributed by atoms with Crippen LogP contribution in [0.4, 0.5) is 16.2 Å². The molecule has 2 heterocycles. The maximum atomic E-state index is 13.3. The first-order valence-corrected chi connectivity index (χ1v) is 9.91. The summed E-state index contributed by atoms with van der Waals surface area (Å²) in [6, 6.07) is 12.5. The van der Waals surface area contributed by atoms with Crippen molar-refractivity contribution in [2.75, 3.05) is 24.4 Å². The van der Waals surface area contributed by atoms with Crippen molar-refractivity contribution in [1.82, 2.24) is 10.1 Å². The van der Waals surface area contributed by atoms with Crippen molar-refractivity contribution in [3.05, 3.63) is 59.7 Å². The van der Waals surface area contributed by atoms with Gasteiger partial charge in [0, 0.05) is 29.8 Å². The molecule has 2 amide bonds. The molecule has 0 saturated heterocycles. The highest BCUT2D eigenvalue weighted by Gasteiger charge is 2.39. The summed E-state index contributed by atoms with van der Waals surface area (Å²) in [5, 5.41) is 7.08. The molecule has 5 rings (SSSR count). The normalized spacial score (nSPS) is 17.5. The van der Waals surface area contributed by atoms with E-state index in [1.54, 1.807) is 37.3 Å². The maximum Gasteiger partial charge on any atom is 0.327 e. The smallest absolute Gasteiger partial charge is 0.327 e. The number of carbonyl (C=O) groups is 1. The zero-order chi connectivity index (χ0) is 20.7. The van der Waals surface area contributed by atoms with E-state index in [9.17, 15) is 4.79 Å². The largest absolute Gasteiger partial charge is 0.493 e. The number of para-hydroxylation sites is 1. The lowest BCUT2D eigenvalue weighted by atomic mass is 10.1. The van der Waals surface area contributed by atoms with Crippen LogP contribution in [0, 0.1) is 0 Å². The molecule has 2 aromatic carbocycles. The highest BCUT2D eigenvalue weighted by molar-refractivity contribution is 6.03. The van der Waals surface area contributed by atoms with Crippen molar-refractivity contribution in [2.24, 2.45) is 0 Å². The Morgan fingerprint density at radius 3 is 2.70 bits per heavy atom. The average molecular weight is 406 g/mol. The fourth-order valence-electron chi connectivity index (χ4n) is 3.82. The number of methoxy groups -OCH3 is 2. The number of benzene rings is 2. The molecule has 3 aromatic rings. The number of nitrogens with one attached hydrogen (secondary N) is 1. The number of carbonyl (C=O) groups excluding carboxylic acids is 1. The van der Waals surface area contributed by atoms with Gasteiger partial charge in [0.15, 0.2) is 17.3 Å². The van der Waals surface area contributed by atoms with Gasteiger partial charge in [0.1, 0.15) is 6.04 Å². The van der Waals surface area contributed by atoms with Crippen LogP contribution in [0.1, 0.15) is 42.1 Å². The van der Waals surface area contributed by atoms with E-state index in [0.29, 0.717) is 35.4 Å². The van der Waals surface area contributed by atoms with Crippen LogP contribution in [0.25, 0.3) is 0 Å². The summed E-state index contributed by atoms with van der Waals surface area (Å²) < 4.78 is 16.2. The van der Waals surface area contributed by atoms with Crippen LogP contribution in [0.15, 0.2) is 47.0 Å². The summed E-state index contributed by atoms with van der Waals surface area (Å²) in [5.74, 6) is 2.73. The summed E-state index contributed by atoms with van der Waals surface area (Å²) in [6.07, 6.45) is 2.81. The monoisotopic (exact) mass is 406 g/mol. The SMILES string of the molecule is COc1ccc(NC(=O)N2c3ccccc3CC2c2nc(C3CC3)no2)cc1OC. The first-order valence-electron chi connectivity index (χ1n) is 9.91. The number of anilines is 2. The number of hydrogen-bond donors (Lipinski definition) is 1. The van der Waals surface area contributed by atoms with Gasteiger partial charge in [-0.15, -0.1) is 0 Å². The van der Waals surface area contributed by atoms with Crippen LogP contribution in [0.2, 0.25) is 0 Å². The summed E-state index contributed by atoms with van der Waals surface area (Å²) >= 11 is 0. The summed E-state index contributed by atoms with van der Waals surface area (Å²) in [4.78, 5) is 19.6. The van der Waals surface area contributed by atoms with Gasteiger partial charge in [-0.3, -0.25) is 4.90 Å². The lowest BCUT2D eigenvalue weighted by molar-refractivity contribution is 0.253. The zero-order valence-corrected chi connectivity index (χ0v) is 16.8. The standard InChI is InChI=1S/C22H22N4O4/c1-28-18-10-9-15(12-19(18)29-2)23-22(27)26-16-6-4-3-5-14(16)11-17(26)21-24-20(25-30-21)13-7-8-13/h3-6,9-10,12-13,17H,7-8,11H2,1-2H3,(H,23,27). The molecule has 8 nitrogen and oxygen atoms in total. The highest BCUT2D eigenvalue weighted by atomic mass is 16.5. The molecule has 154 valence electrons. The molecule has 1 atom stereocenters. The van der Waals surface area contributed by atoms with Crippen LogP contribution in [0.3, 0.4) is 0 Å². The van der Waals surface area contributed by atoms with Crippen molar-refractivity contribution in [1.29, 1.82) is 0 Å². The van der Waals surface area contributed by atoms with Gasteiger partial charge in [0.25, 0.3) is 0 Å². The van der Waals surface area contributed by atoms with Crippen molar-refractivity contribution in [3.63, 3.8) is 0 Å². The van der Waals surface area contributed by atoms with E-state index in [2.05, 4.69) is 15.5 Å². The molecular weight excluding hydrogens is 384 g/mol. The van der Waals surface area contributed by atoms with E-state index in [1.165, 1.54) is 0 Å². The minimum Gasteiger partial charge on any atom is -0.493 e. The van der Waals surface area contributed by atoms with E-state index in [4.69, 9.17) is 14.0 Å². The van der Waals surface area contributed by atoms with Gasteiger partial charge in [0.05, 0.1) is 14.2 Å². The number of hydrogen-bond acceptors (Lipinski definition) is 6. The van der Waals surface area contributed by atoms with E-state index in [0.717, 1.165) is 29.9 Å². The van der Waals surface area contributed by atoms with Gasteiger partial charge >= 0.3 is 6.03 Å². The first-order chi connectivity index (χ1) is 14.7. The first kappa shape index (κ1) is 18.5. The molecule has 1 aliphatic heterocycles. The molecule has 0 bridgehead atoms. The topological polar surface area (TPSA) is 89.7 Å². The lowest BCUT2D eigenvalue weighted by Gasteiger charge is -2.23. The molecule has 1 aliphatic carbocycles. The van der Waals surface area contributed by atoms with E-state index in [-0.39, 0.29) is 12.1 Å². The predicted octanol–water partition coefficient (Wildman–Crippen LogP) is 4.30. The molecule has 1 saturated carbocycles. The summed E-state index contributed by atoms with van der Waals surface area (Å²) in [6.45, 7) is 0. The Kier molecular flexibility index (Phi) is 4.54. The zero-order valence-electron chi connectivity index (χ0n) is 16.8. The Labute approximate surface area is 173 Å². The van der Waals surface area contributed by atoms with E-state index in [1.807, 2.05) is 24.3 Å². The number of nitrogens with zero attached hydrogens (tertiary/aromatic N) is 3. The quantitative estimate of drug-likeness (QED) is 0.679. The minimum absolute atomic E-state index is 0.275. The number of aromatic nitrogens is 2. The fraction of sp³-hybridized carbons (Fsp3) is 0.318. The van der Waals surface area contributed by atoms with Crippen molar-refractivity contribution in [3.8, 4) is 11.5 Å². The molecule has 1 unspecified atom stereocenters. The van der Waals surface area contributed by atoms with E-state index >= 15 is 0 Å². The molecule has 2 aliphatic rings. The van der Waals surface area contributed by atoms with Crippen LogP contribution < -0.4 is 19.7 Å². The van der Waals surface area contributed by atoms with Crippen molar-refractivity contribution < 1.29 is 18.8 Å². The van der Waals surface area contributed by atoms with Crippen LogP contribution in [-0.4, -0.2) is 30.4 Å². The van der Waals surface area contributed by atoms with Gasteiger partial charge in [-0.1, -0.05) is 23.4 Å². The molecule has 8 heteroatoms. The molecule has 0 spiro atoms. The number of amides is 2. The molecule has 30 heavy (non-hydrogen) atoms. The Bertz CT molecular complexity index is 1090. The Morgan fingerprint density at radius 2 is 1.93 bits per heavy atom. The third-order valence-electron chi connectivity index (χ3n) is 5.51. The Hall–Kier alpha value is -3.55. The third kappa shape index (κ3) is 3.24. The minimum atomic E-state index is -0.345. The number of rotatable bonds is 5. The fourth-order valence-corrected chi connectivity index (χ4v) is 3.82. The summed E-state index contributed by atoms with van der Waals surface area (Å²) in [5.41, 5.74) is 2.51. The molecule has 1 N–H and O–H groups in total. The van der Waals surface area contributed by atoms with Crippen LogP contribution >= 0.6 is 0 Å². The number of urea groups is 1. The lowest BCUT2D eigenvalue weighted by Crippen LogP contribution is -2.36. The van der Waals surface area contributed by atoms with Crippen molar-refractivity contribution in [2.45, 2.75) is 31.2 Å². The Balaban J connectivity index is 1.45. The summed E-state index contributed by atoms with van der Waals surface area (Å²) in [7, 11) is 3.13. The molecule has 1 aromatic heterocycles. The van der Waals surface area contributed by atoms with Crippen LogP contribution in [-0.2, 0) is 6.42 Å². The number of fused-ring (bicyclic) bond motifs is 1. The number of ether oxygens (including phenoxy) is 2. The highest BCUT2D eigenvalue weighted by Crippen LogP contribution is 2.43. The van der Waals surface area contributed by atoms with Crippen LogP contribution in [0.5, 0.6) is 11.5 Å². The third-order valence-corrected chi connectivity index (χ3v) is 5.51. The van der Waals surface area contributed by atoms with Gasteiger partial charge in [-0.05, 0) is 36.6 Å². The van der Waals surface area contributed by atoms with Gasteiger partial charge in [-0.25, -0.2) is 4.79 Å². The Morgan fingerprint density at radius 1 is 1.13 bits per heavy atom. The van der Waals surface area contributed by atoms with Crippen molar-refractivity contribution >= 4 is 17.4 Å². The van der Waals surface area contributed by atoms with Gasteiger partial charge < -0.3 is 19.3 Å². The van der Waals surface area contributed by atoms with Gasteiger partial charge in [-0.2, -0.15) is 4.98 Å². The molecular formula is C22H22N4O4. The second-order valence-corrected chi connectivity index (χ2v) is 7.48. The maximum absolute atomic E-state index is 13.3. The van der Waals surface area contributed by atoms with Gasteiger partial charge in [0.2, 0.25) is 5.89 Å². The average Bonchev–Trinajstić information content (AvgIpc) is 3.37.